The average Bonchev–Trinajstić information content (AvgIpc) is 2.77. The van der Waals surface area contributed by atoms with Crippen molar-refractivity contribution in [3.8, 4) is 5.88 Å². The number of hydrogen-bond donors (Lipinski definition) is 0. The maximum absolute atomic E-state index is 5.75. The van der Waals surface area contributed by atoms with Gasteiger partial charge >= 0.3 is 0 Å². The Kier molecular flexibility index (Phi) is 5.76. The van der Waals surface area contributed by atoms with E-state index in [4.69, 9.17) is 4.74 Å². The van der Waals surface area contributed by atoms with E-state index >= 15 is 0 Å². The highest BCUT2D eigenvalue weighted by atomic mass is 127. The van der Waals surface area contributed by atoms with Crippen LogP contribution in [0, 0.1) is 3.57 Å². The Morgan fingerprint density at radius 1 is 1.09 bits per heavy atom. The molecule has 0 aliphatic heterocycles. The molecule has 0 N–H and O–H groups in total. The molecule has 0 fully saturated rings. The maximum Gasteiger partial charge on any atom is 0.227 e. The van der Waals surface area contributed by atoms with Gasteiger partial charge in [0.2, 0.25) is 5.88 Å². The highest BCUT2D eigenvalue weighted by Gasteiger charge is 2.46. The summed E-state index contributed by atoms with van der Waals surface area (Å²) in [4.78, 5) is 9.01. The van der Waals surface area contributed by atoms with Crippen molar-refractivity contribution in [2.24, 2.45) is 0 Å². The number of fused-ring (bicyclic) bond motifs is 1. The van der Waals surface area contributed by atoms with Crippen molar-refractivity contribution in [2.75, 3.05) is 6.61 Å². The van der Waals surface area contributed by atoms with Crippen LogP contribution in [-0.4, -0.2) is 29.0 Å². The van der Waals surface area contributed by atoms with Crippen LogP contribution in [0.15, 0.2) is 12.5 Å². The van der Waals surface area contributed by atoms with Crippen molar-refractivity contribution in [1.29, 1.82) is 0 Å². The van der Waals surface area contributed by atoms with E-state index in [1.54, 1.807) is 6.33 Å². The number of halogens is 1. The molecule has 2 heterocycles. The first-order chi connectivity index (χ1) is 10.8. The lowest BCUT2D eigenvalue weighted by molar-refractivity contribution is 0.330. The summed E-state index contributed by atoms with van der Waals surface area (Å²) in [5.41, 5.74) is 2.91. The molecular formula is C17H28IN3OSi. The minimum atomic E-state index is -1.83. The number of rotatable bonds is 6. The molecule has 0 saturated carbocycles. The number of hydrogen-bond acceptors (Lipinski definition) is 3. The molecule has 0 unspecified atom stereocenters. The molecule has 2 aromatic heterocycles. The van der Waals surface area contributed by atoms with E-state index in [1.807, 2.05) is 6.92 Å². The van der Waals surface area contributed by atoms with Crippen LogP contribution in [0.5, 0.6) is 5.88 Å². The molecule has 0 atom stereocenters. The van der Waals surface area contributed by atoms with Gasteiger partial charge in [-0.3, -0.25) is 0 Å². The molecule has 0 aliphatic rings. The summed E-state index contributed by atoms with van der Waals surface area (Å²) in [6.45, 7) is 16.8. The van der Waals surface area contributed by atoms with Crippen molar-refractivity contribution < 1.29 is 4.74 Å². The first-order valence-electron chi connectivity index (χ1n) is 8.43. The summed E-state index contributed by atoms with van der Waals surface area (Å²) in [6.07, 6.45) is 3.93. The molecule has 0 aromatic carbocycles. The SMILES string of the molecule is CCOc1ncnc2c1c(I)cn2[Si](C(C)C)(C(C)C)C(C)C. The van der Waals surface area contributed by atoms with Crippen molar-refractivity contribution >= 4 is 41.9 Å². The van der Waals surface area contributed by atoms with Gasteiger partial charge in [-0.15, -0.1) is 0 Å². The first kappa shape index (κ1) is 18.7. The predicted molar refractivity (Wildman–Crippen MR) is 108 cm³/mol. The summed E-state index contributed by atoms with van der Waals surface area (Å²) in [7, 11) is -1.83. The molecule has 2 rings (SSSR count). The fourth-order valence-electron chi connectivity index (χ4n) is 4.37. The number of nitrogens with zero attached hydrogens (tertiary/aromatic N) is 3. The molecule has 0 saturated heterocycles. The predicted octanol–water partition coefficient (Wildman–Crippen LogP) is 5.46. The number of aromatic nitrogens is 3. The largest absolute Gasteiger partial charge is 0.477 e. The van der Waals surface area contributed by atoms with Crippen molar-refractivity contribution in [1.82, 2.24) is 14.2 Å². The van der Waals surface area contributed by atoms with E-state index in [-0.39, 0.29) is 0 Å². The third kappa shape index (κ3) is 2.92. The highest BCUT2D eigenvalue weighted by molar-refractivity contribution is 14.1. The van der Waals surface area contributed by atoms with Gasteiger partial charge < -0.3 is 8.97 Å². The Labute approximate surface area is 154 Å². The van der Waals surface area contributed by atoms with Crippen molar-refractivity contribution in [2.45, 2.75) is 65.1 Å². The Balaban J connectivity index is 2.83. The second-order valence-corrected chi connectivity index (χ2v) is 13.9. The molecule has 0 spiro atoms. The van der Waals surface area contributed by atoms with Crippen LogP contribution in [0.4, 0.5) is 0 Å². The average molecular weight is 445 g/mol. The van der Waals surface area contributed by atoms with Gasteiger partial charge in [-0.05, 0) is 46.1 Å². The monoisotopic (exact) mass is 445 g/mol. The maximum atomic E-state index is 5.75. The molecule has 128 valence electrons. The van der Waals surface area contributed by atoms with Crippen LogP contribution in [0.25, 0.3) is 11.0 Å². The lowest BCUT2D eigenvalue weighted by Crippen LogP contribution is -2.51. The standard InChI is InChI=1S/C17H28IN3OSi/c1-8-22-17-15-14(18)9-21(16(15)19-10-20-17)23(11(2)3,12(4)5)13(6)7/h9-13H,8H2,1-7H3. The molecule has 0 radical (unpaired) electrons. The van der Waals surface area contributed by atoms with Gasteiger partial charge in [0.15, 0.2) is 8.24 Å². The van der Waals surface area contributed by atoms with Crippen molar-refractivity contribution in [3.63, 3.8) is 0 Å². The van der Waals surface area contributed by atoms with Crippen LogP contribution in [0.1, 0.15) is 48.5 Å². The van der Waals surface area contributed by atoms with Gasteiger partial charge in [-0.1, -0.05) is 41.5 Å². The van der Waals surface area contributed by atoms with Crippen LogP contribution in [-0.2, 0) is 0 Å². The zero-order chi connectivity index (χ0) is 17.4. The van der Waals surface area contributed by atoms with Gasteiger partial charge in [0.25, 0.3) is 0 Å². The lowest BCUT2D eigenvalue weighted by Gasteiger charge is -2.44. The fraction of sp³-hybridized carbons (Fsp3) is 0.647. The molecule has 2 aromatic rings. The Morgan fingerprint density at radius 2 is 1.65 bits per heavy atom. The van der Waals surface area contributed by atoms with Gasteiger partial charge in [-0.2, -0.15) is 0 Å². The molecule has 23 heavy (non-hydrogen) atoms. The van der Waals surface area contributed by atoms with Crippen molar-refractivity contribution in [3.05, 3.63) is 16.1 Å². The van der Waals surface area contributed by atoms with Crippen LogP contribution in [0.3, 0.4) is 0 Å². The van der Waals surface area contributed by atoms with Gasteiger partial charge in [0.1, 0.15) is 12.0 Å². The van der Waals surface area contributed by atoms with Gasteiger partial charge in [0.05, 0.1) is 12.0 Å². The number of ether oxygens (including phenoxy) is 1. The minimum Gasteiger partial charge on any atom is -0.477 e. The van der Waals surface area contributed by atoms with E-state index in [0.29, 0.717) is 29.1 Å². The second-order valence-electron chi connectivity index (χ2n) is 7.01. The summed E-state index contributed by atoms with van der Waals surface area (Å²) in [5.74, 6) is 0.708. The Hall–Kier alpha value is -0.633. The second kappa shape index (κ2) is 7.09. The first-order valence-corrected chi connectivity index (χ1v) is 11.7. The molecule has 6 heteroatoms. The summed E-state index contributed by atoms with van der Waals surface area (Å²) < 4.78 is 9.46. The Morgan fingerprint density at radius 3 is 2.13 bits per heavy atom. The lowest BCUT2D eigenvalue weighted by atomic mass is 10.4. The van der Waals surface area contributed by atoms with E-state index in [0.717, 1.165) is 11.0 Å². The molecule has 0 amide bonds. The third-order valence-electron chi connectivity index (χ3n) is 4.97. The summed E-state index contributed by atoms with van der Waals surface area (Å²) in [6, 6.07) is 0. The smallest absolute Gasteiger partial charge is 0.227 e. The van der Waals surface area contributed by atoms with Crippen LogP contribution >= 0.6 is 22.6 Å². The Bertz CT molecular complexity index is 660. The van der Waals surface area contributed by atoms with E-state index in [9.17, 15) is 0 Å². The quantitative estimate of drug-likeness (QED) is 0.438. The van der Waals surface area contributed by atoms with E-state index in [1.165, 1.54) is 3.57 Å². The normalized spacial score (nSPS) is 12.8. The van der Waals surface area contributed by atoms with Crippen LogP contribution in [0.2, 0.25) is 16.6 Å². The van der Waals surface area contributed by atoms with Gasteiger partial charge in [0, 0.05) is 9.77 Å². The van der Waals surface area contributed by atoms with E-state index in [2.05, 4.69) is 84.5 Å². The molecule has 4 nitrogen and oxygen atoms in total. The summed E-state index contributed by atoms with van der Waals surface area (Å²) in [5, 5.41) is 1.06. The highest BCUT2D eigenvalue weighted by Crippen LogP contribution is 2.45. The third-order valence-corrected chi connectivity index (χ3v) is 12.5. The van der Waals surface area contributed by atoms with Gasteiger partial charge in [-0.25, -0.2) is 9.97 Å². The minimum absolute atomic E-state index is 0.620. The summed E-state index contributed by atoms with van der Waals surface area (Å²) >= 11 is 2.40. The topological polar surface area (TPSA) is 39.9 Å². The zero-order valence-electron chi connectivity index (χ0n) is 15.2. The molecule has 0 aliphatic carbocycles. The molecular weight excluding hydrogens is 417 g/mol. The zero-order valence-corrected chi connectivity index (χ0v) is 18.4. The molecule has 0 bridgehead atoms. The van der Waals surface area contributed by atoms with E-state index < -0.39 is 8.24 Å². The van der Waals surface area contributed by atoms with Crippen LogP contribution < -0.4 is 4.74 Å². The fourth-order valence-corrected chi connectivity index (χ4v) is 11.9.